The van der Waals surface area contributed by atoms with E-state index in [-0.39, 0.29) is 12.4 Å². The predicted molar refractivity (Wildman–Crippen MR) is 44.1 cm³/mol. The Morgan fingerprint density at radius 3 is 1.73 bits per heavy atom. The summed E-state index contributed by atoms with van der Waals surface area (Å²) in [6, 6.07) is 7.53. The highest BCUT2D eigenvalue weighted by molar-refractivity contribution is 5.85. The summed E-state index contributed by atoms with van der Waals surface area (Å²) >= 11 is 0. The molecule has 2 rings (SSSR count). The Bertz CT molecular complexity index is 244. The summed E-state index contributed by atoms with van der Waals surface area (Å²) in [7, 11) is 0. The molecule has 0 atom stereocenters. The van der Waals surface area contributed by atoms with Gasteiger partial charge in [0.15, 0.2) is 11.5 Å². The first kappa shape index (κ1) is 7.95. The zero-order chi connectivity index (χ0) is 6.81. The summed E-state index contributed by atoms with van der Waals surface area (Å²) < 4.78 is 10.2. The molecule has 0 aliphatic carbocycles. The average Bonchev–Trinajstić information content (AvgIpc) is 2.05. The van der Waals surface area contributed by atoms with Crippen molar-refractivity contribution in [3.05, 3.63) is 36.8 Å². The van der Waals surface area contributed by atoms with Crippen LogP contribution in [0.4, 0.5) is 0 Å². The Labute approximate surface area is 70.8 Å². The van der Waals surface area contributed by atoms with E-state index < -0.39 is 0 Å². The van der Waals surface area contributed by atoms with Crippen molar-refractivity contribution in [2.75, 3.05) is 0 Å². The Kier molecular flexibility index (Phi) is 2.39. The minimum absolute atomic E-state index is 0. The number of hydrogen-bond donors (Lipinski definition) is 0. The number of hydrogen-bond acceptors (Lipinski definition) is 2. The minimum Gasteiger partial charge on any atom is -0.458 e. The molecule has 1 aliphatic rings. The third-order valence-electron chi connectivity index (χ3n) is 1.29. The molecule has 58 valence electrons. The van der Waals surface area contributed by atoms with Gasteiger partial charge in [-0.05, 0) is 12.1 Å². The first-order chi connectivity index (χ1) is 4.97. The normalized spacial score (nSPS) is 12.0. The fraction of sp³-hybridized carbons (Fsp3) is 0. The van der Waals surface area contributed by atoms with Gasteiger partial charge in [0.2, 0.25) is 0 Å². The van der Waals surface area contributed by atoms with Crippen LogP contribution in [0.25, 0.3) is 0 Å². The van der Waals surface area contributed by atoms with Crippen LogP contribution in [-0.2, 0) is 0 Å². The molecule has 0 saturated heterocycles. The number of ether oxygens (including phenoxy) is 2. The van der Waals surface area contributed by atoms with E-state index >= 15 is 0 Å². The second-order valence-corrected chi connectivity index (χ2v) is 1.95. The van der Waals surface area contributed by atoms with Gasteiger partial charge in [0.05, 0.1) is 0 Å². The Morgan fingerprint density at radius 2 is 1.27 bits per heavy atom. The minimum atomic E-state index is 0. The maximum Gasteiger partial charge on any atom is 0.169 e. The molecule has 0 radical (unpaired) electrons. The van der Waals surface area contributed by atoms with Crippen molar-refractivity contribution in [1.29, 1.82) is 0 Å². The molecule has 0 N–H and O–H groups in total. The maximum absolute atomic E-state index is 5.12. The summed E-state index contributed by atoms with van der Waals surface area (Å²) in [6.45, 7) is 0. The second-order valence-electron chi connectivity index (χ2n) is 1.95. The van der Waals surface area contributed by atoms with Crippen LogP contribution >= 0.6 is 12.4 Å². The van der Waals surface area contributed by atoms with Gasteiger partial charge in [0.25, 0.3) is 0 Å². The summed E-state index contributed by atoms with van der Waals surface area (Å²) in [5.41, 5.74) is 0. The molecule has 0 fully saturated rings. The predicted octanol–water partition coefficient (Wildman–Crippen LogP) is 2.35. The standard InChI is InChI=1S/C8H6O2.ClH/c1-2-4-8-7(3-1)9-5-6-10-8;/h1-6H;1H. The molecule has 1 aliphatic heterocycles. The van der Waals surface area contributed by atoms with Crippen molar-refractivity contribution >= 4 is 12.4 Å². The molecule has 0 saturated carbocycles. The van der Waals surface area contributed by atoms with E-state index in [4.69, 9.17) is 9.47 Å². The smallest absolute Gasteiger partial charge is 0.169 e. The molecule has 1 heterocycles. The van der Waals surface area contributed by atoms with Crippen LogP contribution in [0.5, 0.6) is 11.5 Å². The molecule has 11 heavy (non-hydrogen) atoms. The lowest BCUT2D eigenvalue weighted by atomic mass is 10.3. The third kappa shape index (κ3) is 1.46. The summed E-state index contributed by atoms with van der Waals surface area (Å²) in [5.74, 6) is 1.54. The molecule has 0 unspecified atom stereocenters. The number of halogens is 1. The number of para-hydroxylation sites is 2. The summed E-state index contributed by atoms with van der Waals surface area (Å²) in [4.78, 5) is 0. The van der Waals surface area contributed by atoms with Crippen LogP contribution in [0.15, 0.2) is 36.8 Å². The Hall–Kier alpha value is -1.15. The molecule has 0 bridgehead atoms. The summed E-state index contributed by atoms with van der Waals surface area (Å²) in [5, 5.41) is 0. The first-order valence-electron chi connectivity index (χ1n) is 3.04. The van der Waals surface area contributed by atoms with E-state index in [1.54, 1.807) is 0 Å². The lowest BCUT2D eigenvalue weighted by Gasteiger charge is -2.10. The van der Waals surface area contributed by atoms with Gasteiger partial charge in [-0.25, -0.2) is 0 Å². The highest BCUT2D eigenvalue weighted by Gasteiger charge is 2.03. The van der Waals surface area contributed by atoms with Gasteiger partial charge in [-0.3, -0.25) is 0 Å². The molecular formula is C8H7ClO2. The van der Waals surface area contributed by atoms with Crippen molar-refractivity contribution in [3.8, 4) is 11.5 Å². The van der Waals surface area contributed by atoms with Gasteiger partial charge in [-0.2, -0.15) is 0 Å². The fourth-order valence-electron chi connectivity index (χ4n) is 0.847. The number of rotatable bonds is 0. The van der Waals surface area contributed by atoms with Crippen LogP contribution < -0.4 is 9.47 Å². The van der Waals surface area contributed by atoms with E-state index in [0.717, 1.165) is 11.5 Å². The van der Waals surface area contributed by atoms with E-state index in [9.17, 15) is 0 Å². The lowest BCUT2D eigenvalue weighted by Crippen LogP contribution is -1.94. The number of benzene rings is 1. The van der Waals surface area contributed by atoms with Crippen molar-refractivity contribution in [3.63, 3.8) is 0 Å². The monoisotopic (exact) mass is 170 g/mol. The zero-order valence-corrected chi connectivity index (χ0v) is 6.51. The molecule has 2 nitrogen and oxygen atoms in total. The highest BCUT2D eigenvalue weighted by atomic mass is 35.5. The van der Waals surface area contributed by atoms with E-state index in [2.05, 4.69) is 0 Å². The third-order valence-corrected chi connectivity index (χ3v) is 1.29. The van der Waals surface area contributed by atoms with Gasteiger partial charge in [0, 0.05) is 0 Å². The molecule has 0 amide bonds. The Balaban J connectivity index is 0.000000605. The maximum atomic E-state index is 5.12. The average molecular weight is 171 g/mol. The molecule has 0 aromatic heterocycles. The molecule has 1 aromatic carbocycles. The highest BCUT2D eigenvalue weighted by Crippen LogP contribution is 2.28. The summed E-state index contributed by atoms with van der Waals surface area (Å²) in [6.07, 6.45) is 3.03. The van der Waals surface area contributed by atoms with E-state index in [1.807, 2.05) is 24.3 Å². The molecular weight excluding hydrogens is 164 g/mol. The lowest BCUT2D eigenvalue weighted by molar-refractivity contribution is 0.362. The first-order valence-corrected chi connectivity index (χ1v) is 3.04. The van der Waals surface area contributed by atoms with E-state index in [1.165, 1.54) is 12.5 Å². The van der Waals surface area contributed by atoms with Crippen LogP contribution in [0.1, 0.15) is 0 Å². The SMILES string of the molecule is C1=COc2ccccc2O1.Cl. The van der Waals surface area contributed by atoms with Gasteiger partial charge < -0.3 is 9.47 Å². The van der Waals surface area contributed by atoms with Gasteiger partial charge in [0.1, 0.15) is 12.5 Å². The zero-order valence-electron chi connectivity index (χ0n) is 5.69. The van der Waals surface area contributed by atoms with Crippen LogP contribution in [0.3, 0.4) is 0 Å². The van der Waals surface area contributed by atoms with Crippen LogP contribution in [0.2, 0.25) is 0 Å². The van der Waals surface area contributed by atoms with Crippen molar-refractivity contribution < 1.29 is 9.47 Å². The largest absolute Gasteiger partial charge is 0.458 e. The van der Waals surface area contributed by atoms with Gasteiger partial charge in [-0.15, -0.1) is 12.4 Å². The topological polar surface area (TPSA) is 18.5 Å². The fourth-order valence-corrected chi connectivity index (χ4v) is 0.847. The van der Waals surface area contributed by atoms with Gasteiger partial charge in [-0.1, -0.05) is 12.1 Å². The van der Waals surface area contributed by atoms with Gasteiger partial charge >= 0.3 is 0 Å². The van der Waals surface area contributed by atoms with Crippen LogP contribution in [0, 0.1) is 0 Å². The molecule has 1 aromatic rings. The van der Waals surface area contributed by atoms with Crippen molar-refractivity contribution in [2.45, 2.75) is 0 Å². The number of fused-ring (bicyclic) bond motifs is 1. The molecule has 3 heteroatoms. The van der Waals surface area contributed by atoms with Crippen molar-refractivity contribution in [2.24, 2.45) is 0 Å². The van der Waals surface area contributed by atoms with Crippen LogP contribution in [-0.4, -0.2) is 0 Å². The molecule has 0 spiro atoms. The van der Waals surface area contributed by atoms with E-state index in [0.29, 0.717) is 0 Å². The van der Waals surface area contributed by atoms with Crippen molar-refractivity contribution in [1.82, 2.24) is 0 Å². The second kappa shape index (κ2) is 3.30. The Morgan fingerprint density at radius 1 is 0.818 bits per heavy atom. The quantitative estimate of drug-likeness (QED) is 0.595.